The Kier molecular flexibility index (Phi) is 2.64. The molecule has 0 aliphatic rings. The van der Waals surface area contributed by atoms with Gasteiger partial charge in [0.25, 0.3) is 0 Å². The summed E-state index contributed by atoms with van der Waals surface area (Å²) in [7, 11) is 0. The van der Waals surface area contributed by atoms with E-state index in [1.165, 1.54) is 4.40 Å². The highest BCUT2D eigenvalue weighted by Crippen LogP contribution is 2.32. The Morgan fingerprint density at radius 1 is 1.65 bits per heavy atom. The Hall–Kier alpha value is -1.52. The van der Waals surface area contributed by atoms with E-state index < -0.39 is 16.6 Å². The van der Waals surface area contributed by atoms with E-state index >= 15 is 0 Å². The zero-order valence-electron chi connectivity index (χ0n) is 8.46. The highest BCUT2D eigenvalue weighted by molar-refractivity contribution is 7.15. The summed E-state index contributed by atoms with van der Waals surface area (Å²) in [4.78, 5) is 3.87. The number of thiazole rings is 1. The molecule has 0 aromatic carbocycles. The van der Waals surface area contributed by atoms with Gasteiger partial charge in [0.05, 0.1) is 0 Å². The molecular weight excluding hydrogens is 270 g/mol. The van der Waals surface area contributed by atoms with Crippen molar-refractivity contribution < 1.29 is 8.78 Å². The fraction of sp³-hybridized carbons (Fsp3) is 0.222. The molecule has 0 unspecified atom stereocenters. The maximum atomic E-state index is 13.1. The van der Waals surface area contributed by atoms with E-state index in [0.717, 1.165) is 11.3 Å². The highest BCUT2D eigenvalue weighted by atomic mass is 35.5. The molecule has 0 spiro atoms. The lowest BCUT2D eigenvalue weighted by atomic mass is 10.2. The number of nitriles is 1. The summed E-state index contributed by atoms with van der Waals surface area (Å²) in [6.07, 6.45) is 0. The van der Waals surface area contributed by atoms with Crippen molar-refractivity contribution in [3.63, 3.8) is 0 Å². The number of alkyl halides is 3. The van der Waals surface area contributed by atoms with Crippen molar-refractivity contribution in [1.82, 2.24) is 9.38 Å². The van der Waals surface area contributed by atoms with Crippen LogP contribution in [0.15, 0.2) is 5.38 Å². The third-order valence-electron chi connectivity index (χ3n) is 2.16. The molecule has 0 aliphatic heterocycles. The van der Waals surface area contributed by atoms with Crippen molar-refractivity contribution in [3.05, 3.63) is 27.8 Å². The number of nitrogens with zero attached hydrogens (tertiary/aromatic N) is 3. The predicted octanol–water partition coefficient (Wildman–Crippen LogP) is 2.34. The van der Waals surface area contributed by atoms with Gasteiger partial charge in [0, 0.05) is 11.1 Å². The van der Waals surface area contributed by atoms with Crippen LogP contribution in [0.4, 0.5) is 8.78 Å². The van der Waals surface area contributed by atoms with Crippen LogP contribution in [-0.4, -0.2) is 9.38 Å². The van der Waals surface area contributed by atoms with E-state index in [-0.39, 0.29) is 10.4 Å². The largest absolute Gasteiger partial charge is 0.366 e. The van der Waals surface area contributed by atoms with Crippen LogP contribution in [0.2, 0.25) is 0 Å². The van der Waals surface area contributed by atoms with Crippen LogP contribution in [0, 0.1) is 23.7 Å². The molecule has 0 atom stereocenters. The van der Waals surface area contributed by atoms with E-state index in [1.807, 2.05) is 0 Å². The Balaban J connectivity index is 2.99. The first-order chi connectivity index (χ1) is 7.86. The molecule has 2 rings (SSSR count). The van der Waals surface area contributed by atoms with E-state index in [1.54, 1.807) is 18.4 Å². The van der Waals surface area contributed by atoms with Gasteiger partial charge in [-0.05, 0) is 18.5 Å². The van der Waals surface area contributed by atoms with Crippen molar-refractivity contribution >= 4 is 27.9 Å². The van der Waals surface area contributed by atoms with Crippen LogP contribution in [0.1, 0.15) is 17.0 Å². The first-order valence-electron chi connectivity index (χ1n) is 4.39. The lowest BCUT2D eigenvalue weighted by Crippen LogP contribution is -2.24. The summed E-state index contributed by atoms with van der Waals surface area (Å²) in [5.74, 6) is 0. The minimum atomic E-state index is -3.76. The van der Waals surface area contributed by atoms with Crippen molar-refractivity contribution in [2.45, 2.75) is 12.3 Å². The molecule has 0 fully saturated rings. The third-order valence-corrected chi connectivity index (χ3v) is 3.29. The maximum Gasteiger partial charge on any atom is 0.366 e. The molecule has 2 aromatic rings. The summed E-state index contributed by atoms with van der Waals surface area (Å²) in [5.41, 5.74) is -1.05. The van der Waals surface area contributed by atoms with Crippen molar-refractivity contribution in [2.75, 3.05) is 0 Å². The quantitative estimate of drug-likeness (QED) is 0.811. The first kappa shape index (κ1) is 12.0. The minimum absolute atomic E-state index is 0.210. The van der Waals surface area contributed by atoms with E-state index in [0.29, 0.717) is 5.69 Å². The lowest BCUT2D eigenvalue weighted by molar-refractivity contribution is 0.0896. The fourth-order valence-corrected chi connectivity index (χ4v) is 2.43. The second-order valence-electron chi connectivity index (χ2n) is 3.29. The van der Waals surface area contributed by atoms with Crippen molar-refractivity contribution in [1.29, 1.82) is 10.7 Å². The third kappa shape index (κ3) is 1.79. The van der Waals surface area contributed by atoms with Gasteiger partial charge in [0.2, 0.25) is 0 Å². The number of aromatic nitrogens is 2. The number of nitrogens with one attached hydrogen (secondary N) is 1. The minimum Gasteiger partial charge on any atom is -0.283 e. The SMILES string of the molecule is Cc1csc2nc(C(F)(F)Cl)c(C#N)c(=N)n12. The van der Waals surface area contributed by atoms with Crippen molar-refractivity contribution in [3.8, 4) is 6.07 Å². The second-order valence-corrected chi connectivity index (χ2v) is 4.60. The van der Waals surface area contributed by atoms with Gasteiger partial charge in [-0.2, -0.15) is 14.0 Å². The topological polar surface area (TPSA) is 64.9 Å². The van der Waals surface area contributed by atoms with Crippen LogP contribution in [0.25, 0.3) is 4.96 Å². The highest BCUT2D eigenvalue weighted by Gasteiger charge is 2.35. The van der Waals surface area contributed by atoms with Gasteiger partial charge in [0.15, 0.2) is 16.1 Å². The van der Waals surface area contributed by atoms with Gasteiger partial charge in [-0.15, -0.1) is 11.3 Å². The van der Waals surface area contributed by atoms with Crippen LogP contribution < -0.4 is 5.49 Å². The molecule has 2 heterocycles. The van der Waals surface area contributed by atoms with E-state index in [2.05, 4.69) is 4.98 Å². The molecule has 0 bridgehead atoms. The van der Waals surface area contributed by atoms with Gasteiger partial charge < -0.3 is 0 Å². The molecule has 1 N–H and O–H groups in total. The van der Waals surface area contributed by atoms with E-state index in [4.69, 9.17) is 22.3 Å². The standard InChI is InChI=1S/C9H5ClF2N4S/c1-4-3-17-8-15-6(9(10,11)12)5(2-13)7(14)16(4)8/h3,14H,1H3. The normalized spacial score (nSPS) is 11.7. The smallest absolute Gasteiger partial charge is 0.283 e. The molecular formula is C9H5ClF2N4S. The van der Waals surface area contributed by atoms with Gasteiger partial charge in [-0.3, -0.25) is 9.81 Å². The van der Waals surface area contributed by atoms with Crippen LogP contribution in [0.3, 0.4) is 0 Å². The molecule has 0 amide bonds. The molecule has 8 heteroatoms. The Morgan fingerprint density at radius 3 is 2.82 bits per heavy atom. The lowest BCUT2D eigenvalue weighted by Gasteiger charge is -2.09. The number of fused-ring (bicyclic) bond motifs is 1. The molecule has 2 aromatic heterocycles. The summed E-state index contributed by atoms with van der Waals surface area (Å²) in [6.45, 7) is 1.70. The number of rotatable bonds is 1. The van der Waals surface area contributed by atoms with Gasteiger partial charge in [-0.25, -0.2) is 4.98 Å². The number of halogens is 3. The average molecular weight is 275 g/mol. The molecule has 0 saturated carbocycles. The Labute approximate surface area is 103 Å². The molecule has 0 aliphatic carbocycles. The number of hydrogen-bond donors (Lipinski definition) is 1. The summed E-state index contributed by atoms with van der Waals surface area (Å²) < 4.78 is 27.5. The zero-order valence-corrected chi connectivity index (χ0v) is 10.0. The second kappa shape index (κ2) is 3.75. The molecule has 0 saturated heterocycles. The van der Waals surface area contributed by atoms with Gasteiger partial charge in [0.1, 0.15) is 11.6 Å². The Morgan fingerprint density at radius 2 is 2.29 bits per heavy atom. The number of hydrogen-bond acceptors (Lipinski definition) is 4. The molecule has 0 radical (unpaired) electrons. The fourth-order valence-electron chi connectivity index (χ4n) is 1.43. The summed E-state index contributed by atoms with van der Waals surface area (Å²) >= 11 is 5.99. The molecule has 4 nitrogen and oxygen atoms in total. The first-order valence-corrected chi connectivity index (χ1v) is 5.64. The van der Waals surface area contributed by atoms with Crippen molar-refractivity contribution in [2.24, 2.45) is 0 Å². The van der Waals surface area contributed by atoms with Crippen LogP contribution in [0.5, 0.6) is 0 Å². The molecule has 17 heavy (non-hydrogen) atoms. The predicted molar refractivity (Wildman–Crippen MR) is 58.1 cm³/mol. The van der Waals surface area contributed by atoms with Crippen LogP contribution >= 0.6 is 22.9 Å². The van der Waals surface area contributed by atoms with Crippen LogP contribution in [-0.2, 0) is 5.38 Å². The molecule has 88 valence electrons. The average Bonchev–Trinajstić information content (AvgIpc) is 2.59. The van der Waals surface area contributed by atoms with Gasteiger partial charge in [-0.1, -0.05) is 0 Å². The van der Waals surface area contributed by atoms with E-state index in [9.17, 15) is 8.78 Å². The summed E-state index contributed by atoms with van der Waals surface area (Å²) in [5, 5.41) is 14.5. The number of aryl methyl sites for hydroxylation is 1. The maximum absolute atomic E-state index is 13.1. The summed E-state index contributed by atoms with van der Waals surface area (Å²) in [6, 6.07) is 1.55. The van der Waals surface area contributed by atoms with Gasteiger partial charge >= 0.3 is 5.38 Å². The Bertz CT molecular complexity index is 692. The zero-order chi connectivity index (χ0) is 12.8. The monoisotopic (exact) mass is 274 g/mol.